The van der Waals surface area contributed by atoms with E-state index in [0.29, 0.717) is 12.7 Å². The summed E-state index contributed by atoms with van der Waals surface area (Å²) in [6.07, 6.45) is 2.24. The quantitative estimate of drug-likeness (QED) is 0.263. The van der Waals surface area contributed by atoms with E-state index < -0.39 is 11.9 Å². The Kier molecular flexibility index (Phi) is 10.3. The molecule has 8 nitrogen and oxygen atoms in total. The van der Waals surface area contributed by atoms with Gasteiger partial charge in [0, 0.05) is 6.54 Å². The fourth-order valence-corrected chi connectivity index (χ4v) is 3.92. The minimum atomic E-state index is -1.82. The summed E-state index contributed by atoms with van der Waals surface area (Å²) in [5.74, 6) is -0.627. The molecule has 0 radical (unpaired) electrons. The Labute approximate surface area is 216 Å². The predicted molar refractivity (Wildman–Crippen MR) is 139 cm³/mol. The number of carbonyl (C=O) groups is 2. The molecule has 0 amide bonds. The SMILES string of the molecule is CC(C)Oc1ccc(CNCCC(Cc2ccccc2)c2ccc3c(c2)OCO3)cc1.O=C(O)C(=O)O. The number of aliphatic carboxylic acids is 2. The normalized spacial score (nSPS) is 12.4. The van der Waals surface area contributed by atoms with Crippen molar-refractivity contribution in [3.8, 4) is 17.2 Å². The lowest BCUT2D eigenvalue weighted by atomic mass is 9.89. The van der Waals surface area contributed by atoms with E-state index in [2.05, 4.69) is 59.9 Å². The molecule has 1 aliphatic heterocycles. The molecule has 1 aliphatic rings. The number of hydrogen-bond acceptors (Lipinski definition) is 6. The van der Waals surface area contributed by atoms with Crippen LogP contribution in [-0.2, 0) is 22.6 Å². The van der Waals surface area contributed by atoms with Crippen LogP contribution >= 0.6 is 0 Å². The topological polar surface area (TPSA) is 114 Å². The van der Waals surface area contributed by atoms with Crippen molar-refractivity contribution in [1.82, 2.24) is 5.32 Å². The van der Waals surface area contributed by atoms with Crippen LogP contribution in [-0.4, -0.2) is 41.6 Å². The summed E-state index contributed by atoms with van der Waals surface area (Å²) in [6.45, 7) is 6.19. The van der Waals surface area contributed by atoms with Gasteiger partial charge in [0.2, 0.25) is 6.79 Å². The van der Waals surface area contributed by atoms with E-state index in [1.165, 1.54) is 16.7 Å². The molecular weight excluding hydrogens is 474 g/mol. The van der Waals surface area contributed by atoms with Gasteiger partial charge in [-0.2, -0.15) is 0 Å². The third kappa shape index (κ3) is 9.16. The first-order chi connectivity index (χ1) is 17.8. The highest BCUT2D eigenvalue weighted by atomic mass is 16.7. The third-order valence-electron chi connectivity index (χ3n) is 5.67. The average Bonchev–Trinajstić information content (AvgIpc) is 3.35. The molecule has 1 unspecified atom stereocenters. The summed E-state index contributed by atoms with van der Waals surface area (Å²) >= 11 is 0. The van der Waals surface area contributed by atoms with Crippen LogP contribution in [0.3, 0.4) is 0 Å². The Morgan fingerprint density at radius 1 is 0.892 bits per heavy atom. The summed E-state index contributed by atoms with van der Waals surface area (Å²) in [5, 5.41) is 18.4. The summed E-state index contributed by atoms with van der Waals surface area (Å²) in [5.41, 5.74) is 3.91. The largest absolute Gasteiger partial charge is 0.491 e. The van der Waals surface area contributed by atoms with Gasteiger partial charge in [-0.1, -0.05) is 48.5 Å². The van der Waals surface area contributed by atoms with Crippen LogP contribution in [0.5, 0.6) is 17.2 Å². The maximum absolute atomic E-state index is 9.10. The molecule has 37 heavy (non-hydrogen) atoms. The van der Waals surface area contributed by atoms with Gasteiger partial charge in [0.15, 0.2) is 11.5 Å². The number of carboxylic acid groups (broad SMARTS) is 2. The molecular formula is C29H33NO7. The zero-order valence-corrected chi connectivity index (χ0v) is 21.1. The molecule has 0 bridgehead atoms. The predicted octanol–water partition coefficient (Wildman–Crippen LogP) is 4.86. The van der Waals surface area contributed by atoms with Crippen molar-refractivity contribution in [2.45, 2.75) is 45.3 Å². The van der Waals surface area contributed by atoms with Gasteiger partial charge in [0.1, 0.15) is 5.75 Å². The summed E-state index contributed by atoms with van der Waals surface area (Å²) in [4.78, 5) is 18.2. The maximum Gasteiger partial charge on any atom is 0.414 e. The van der Waals surface area contributed by atoms with Gasteiger partial charge in [0.05, 0.1) is 6.10 Å². The van der Waals surface area contributed by atoms with Crippen molar-refractivity contribution in [3.63, 3.8) is 0 Å². The van der Waals surface area contributed by atoms with Crippen LogP contribution in [0.2, 0.25) is 0 Å². The van der Waals surface area contributed by atoms with E-state index in [0.717, 1.165) is 43.2 Å². The lowest BCUT2D eigenvalue weighted by molar-refractivity contribution is -0.159. The van der Waals surface area contributed by atoms with Crippen LogP contribution in [0.4, 0.5) is 0 Å². The van der Waals surface area contributed by atoms with Gasteiger partial charge in [-0.05, 0) is 80.1 Å². The monoisotopic (exact) mass is 507 g/mol. The highest BCUT2D eigenvalue weighted by Crippen LogP contribution is 2.36. The molecule has 3 N–H and O–H groups in total. The first kappa shape index (κ1) is 27.5. The van der Waals surface area contributed by atoms with E-state index in [1.807, 2.05) is 32.0 Å². The van der Waals surface area contributed by atoms with Crippen molar-refractivity contribution in [2.24, 2.45) is 0 Å². The molecule has 0 fully saturated rings. The average molecular weight is 508 g/mol. The van der Waals surface area contributed by atoms with Crippen molar-refractivity contribution < 1.29 is 34.0 Å². The molecule has 3 aromatic carbocycles. The smallest absolute Gasteiger partial charge is 0.414 e. The fraction of sp³-hybridized carbons (Fsp3) is 0.310. The molecule has 0 saturated carbocycles. The van der Waals surface area contributed by atoms with Crippen molar-refractivity contribution >= 4 is 11.9 Å². The second-order valence-electron chi connectivity index (χ2n) is 8.89. The van der Waals surface area contributed by atoms with Crippen LogP contribution < -0.4 is 19.5 Å². The molecule has 4 rings (SSSR count). The van der Waals surface area contributed by atoms with E-state index in [1.54, 1.807) is 0 Å². The number of benzene rings is 3. The van der Waals surface area contributed by atoms with Gasteiger partial charge in [-0.15, -0.1) is 0 Å². The maximum atomic E-state index is 9.10. The zero-order chi connectivity index (χ0) is 26.6. The van der Waals surface area contributed by atoms with Gasteiger partial charge < -0.3 is 29.7 Å². The zero-order valence-electron chi connectivity index (χ0n) is 21.1. The molecule has 0 spiro atoms. The molecule has 196 valence electrons. The Morgan fingerprint density at radius 3 is 2.22 bits per heavy atom. The molecule has 8 heteroatoms. The lowest BCUT2D eigenvalue weighted by Crippen LogP contribution is -2.18. The molecule has 0 aromatic heterocycles. The van der Waals surface area contributed by atoms with E-state index >= 15 is 0 Å². The first-order valence-corrected chi connectivity index (χ1v) is 12.2. The minimum absolute atomic E-state index is 0.196. The molecule has 3 aromatic rings. The van der Waals surface area contributed by atoms with E-state index in [9.17, 15) is 0 Å². The summed E-state index contributed by atoms with van der Waals surface area (Å²) in [6, 6.07) is 25.4. The Hall–Kier alpha value is -4.04. The molecule has 1 heterocycles. The third-order valence-corrected chi connectivity index (χ3v) is 5.67. The number of nitrogens with one attached hydrogen (secondary N) is 1. The number of hydrogen-bond donors (Lipinski definition) is 3. The highest BCUT2D eigenvalue weighted by molar-refractivity contribution is 6.27. The summed E-state index contributed by atoms with van der Waals surface area (Å²) < 4.78 is 16.8. The van der Waals surface area contributed by atoms with E-state index in [-0.39, 0.29) is 6.10 Å². The Morgan fingerprint density at radius 2 is 1.57 bits per heavy atom. The van der Waals surface area contributed by atoms with Crippen LogP contribution in [0, 0.1) is 0 Å². The van der Waals surface area contributed by atoms with Crippen LogP contribution in [0.15, 0.2) is 72.8 Å². The second-order valence-corrected chi connectivity index (χ2v) is 8.89. The second kappa shape index (κ2) is 13.9. The molecule has 1 atom stereocenters. The number of rotatable bonds is 10. The first-order valence-electron chi connectivity index (χ1n) is 12.2. The van der Waals surface area contributed by atoms with Crippen LogP contribution in [0.25, 0.3) is 0 Å². The highest BCUT2D eigenvalue weighted by Gasteiger charge is 2.18. The number of ether oxygens (including phenoxy) is 3. The summed E-state index contributed by atoms with van der Waals surface area (Å²) in [7, 11) is 0. The standard InChI is InChI=1S/C27H31NO3.C2H2O4/c1-20(2)31-25-11-8-22(9-12-25)18-28-15-14-24(16-21-6-4-3-5-7-21)23-10-13-26-27(17-23)30-19-29-26;3-1(4)2(5)6/h3-13,17,20,24,28H,14-16,18-19H2,1-2H3;(H,3,4)(H,5,6). The van der Waals surface area contributed by atoms with Gasteiger partial charge in [-0.3, -0.25) is 0 Å². The molecule has 0 aliphatic carbocycles. The van der Waals surface area contributed by atoms with Gasteiger partial charge in [-0.25, -0.2) is 9.59 Å². The van der Waals surface area contributed by atoms with Gasteiger partial charge >= 0.3 is 11.9 Å². The number of carboxylic acids is 2. The minimum Gasteiger partial charge on any atom is -0.491 e. The lowest BCUT2D eigenvalue weighted by Gasteiger charge is -2.19. The number of fused-ring (bicyclic) bond motifs is 1. The Balaban J connectivity index is 0.000000568. The van der Waals surface area contributed by atoms with Crippen LogP contribution in [0.1, 0.15) is 42.9 Å². The fourth-order valence-electron chi connectivity index (χ4n) is 3.92. The van der Waals surface area contributed by atoms with Gasteiger partial charge in [0.25, 0.3) is 0 Å². The van der Waals surface area contributed by atoms with Crippen molar-refractivity contribution in [2.75, 3.05) is 13.3 Å². The van der Waals surface area contributed by atoms with Crippen molar-refractivity contribution in [1.29, 1.82) is 0 Å². The Bertz CT molecular complexity index is 1130. The van der Waals surface area contributed by atoms with E-state index in [4.69, 9.17) is 34.0 Å². The van der Waals surface area contributed by atoms with Crippen molar-refractivity contribution in [3.05, 3.63) is 89.5 Å². The molecule has 0 saturated heterocycles.